The van der Waals surface area contributed by atoms with E-state index in [2.05, 4.69) is 19.9 Å². The summed E-state index contributed by atoms with van der Waals surface area (Å²) in [5, 5.41) is 1.92. The number of carbonyl (C=O) groups is 1. The number of hydrogen-bond donors (Lipinski definition) is 1. The highest BCUT2D eigenvalue weighted by Gasteiger charge is 2.26. The summed E-state index contributed by atoms with van der Waals surface area (Å²) in [6, 6.07) is 3.62. The van der Waals surface area contributed by atoms with E-state index in [1.54, 1.807) is 29.6 Å². The van der Waals surface area contributed by atoms with Gasteiger partial charge in [0.15, 0.2) is 4.96 Å². The molecule has 0 bridgehead atoms. The van der Waals surface area contributed by atoms with E-state index in [4.69, 9.17) is 0 Å². The van der Waals surface area contributed by atoms with E-state index in [0.29, 0.717) is 35.7 Å². The first-order chi connectivity index (χ1) is 13.2. The minimum atomic E-state index is -0.159. The maximum atomic E-state index is 12.8. The van der Waals surface area contributed by atoms with Crippen molar-refractivity contribution in [2.45, 2.75) is 13.0 Å². The van der Waals surface area contributed by atoms with Crippen molar-refractivity contribution in [1.82, 2.24) is 29.2 Å². The van der Waals surface area contributed by atoms with Crippen LogP contribution in [0.5, 0.6) is 0 Å². The third kappa shape index (κ3) is 2.72. The van der Waals surface area contributed by atoms with Crippen LogP contribution >= 0.6 is 11.3 Å². The van der Waals surface area contributed by atoms with Gasteiger partial charge in [0.2, 0.25) is 0 Å². The van der Waals surface area contributed by atoms with Crippen LogP contribution in [-0.4, -0.2) is 41.7 Å². The Morgan fingerprint density at radius 3 is 3.04 bits per heavy atom. The molecule has 9 heteroatoms. The molecule has 0 aromatic carbocycles. The van der Waals surface area contributed by atoms with Gasteiger partial charge in [-0.25, -0.2) is 9.97 Å². The lowest BCUT2D eigenvalue weighted by atomic mass is 10.1. The van der Waals surface area contributed by atoms with Crippen molar-refractivity contribution in [3.05, 3.63) is 69.6 Å². The van der Waals surface area contributed by atoms with Gasteiger partial charge in [-0.15, -0.1) is 11.3 Å². The van der Waals surface area contributed by atoms with Crippen molar-refractivity contribution in [3.8, 4) is 11.4 Å². The molecule has 4 aromatic heterocycles. The van der Waals surface area contributed by atoms with Crippen molar-refractivity contribution in [1.29, 1.82) is 0 Å². The molecule has 5 rings (SSSR count). The smallest absolute Gasteiger partial charge is 0.274 e. The SMILES string of the molecule is O=C(c1cn2ccsc2n1)N1CCc2c(nc(-c3cccnc3)[nH]c2=O)C1. The molecule has 0 radical (unpaired) electrons. The van der Waals surface area contributed by atoms with Crippen LogP contribution in [0.25, 0.3) is 16.3 Å². The average molecular weight is 378 g/mol. The fourth-order valence-corrected chi connectivity index (χ4v) is 3.95. The normalized spacial score (nSPS) is 13.7. The molecule has 5 heterocycles. The third-order valence-corrected chi connectivity index (χ3v) is 5.38. The number of carbonyl (C=O) groups excluding carboxylic acids is 1. The summed E-state index contributed by atoms with van der Waals surface area (Å²) in [7, 11) is 0. The highest BCUT2D eigenvalue weighted by Crippen LogP contribution is 2.20. The van der Waals surface area contributed by atoms with E-state index in [1.165, 1.54) is 11.3 Å². The number of fused-ring (bicyclic) bond motifs is 2. The van der Waals surface area contributed by atoms with Crippen LogP contribution < -0.4 is 5.56 Å². The van der Waals surface area contributed by atoms with Crippen LogP contribution in [0.1, 0.15) is 21.7 Å². The fourth-order valence-electron chi connectivity index (χ4n) is 3.25. The topological polar surface area (TPSA) is 96.2 Å². The highest BCUT2D eigenvalue weighted by molar-refractivity contribution is 7.15. The van der Waals surface area contributed by atoms with Gasteiger partial charge < -0.3 is 9.88 Å². The van der Waals surface area contributed by atoms with E-state index in [-0.39, 0.29) is 18.0 Å². The number of rotatable bonds is 2. The Labute approximate surface area is 157 Å². The fraction of sp³-hybridized carbons (Fsp3) is 0.167. The van der Waals surface area contributed by atoms with Crippen molar-refractivity contribution in [3.63, 3.8) is 0 Å². The van der Waals surface area contributed by atoms with E-state index < -0.39 is 0 Å². The van der Waals surface area contributed by atoms with Crippen LogP contribution in [-0.2, 0) is 13.0 Å². The number of aromatic amines is 1. The number of pyridine rings is 1. The van der Waals surface area contributed by atoms with Gasteiger partial charge in [0.05, 0.1) is 12.2 Å². The number of thiazole rings is 1. The lowest BCUT2D eigenvalue weighted by Crippen LogP contribution is -2.39. The standard InChI is InChI=1S/C18H14N6O2S/c25-16-12-3-5-23(17(26)14-10-24-6-7-27-18(24)21-14)9-13(12)20-15(22-16)11-2-1-4-19-8-11/h1-2,4,6-8,10H,3,5,9H2,(H,20,22,25). The molecule has 0 atom stereocenters. The summed E-state index contributed by atoms with van der Waals surface area (Å²) >= 11 is 1.48. The van der Waals surface area contributed by atoms with Gasteiger partial charge in [0.25, 0.3) is 11.5 Å². The second kappa shape index (κ2) is 6.13. The molecule has 0 unspecified atom stereocenters. The number of nitrogens with zero attached hydrogens (tertiary/aromatic N) is 5. The van der Waals surface area contributed by atoms with Crippen LogP contribution in [0, 0.1) is 0 Å². The van der Waals surface area contributed by atoms with Gasteiger partial charge in [0.1, 0.15) is 11.5 Å². The lowest BCUT2D eigenvalue weighted by molar-refractivity contribution is 0.0726. The van der Waals surface area contributed by atoms with Crippen molar-refractivity contribution in [2.24, 2.45) is 0 Å². The first-order valence-corrected chi connectivity index (χ1v) is 9.31. The Bertz CT molecular complexity index is 1180. The summed E-state index contributed by atoms with van der Waals surface area (Å²) in [5.41, 5.74) is 2.24. The Morgan fingerprint density at radius 1 is 1.30 bits per heavy atom. The maximum Gasteiger partial charge on any atom is 0.274 e. The van der Waals surface area contributed by atoms with Gasteiger partial charge >= 0.3 is 0 Å². The molecular formula is C18H14N6O2S. The van der Waals surface area contributed by atoms with Gasteiger partial charge in [-0.1, -0.05) is 0 Å². The largest absolute Gasteiger partial charge is 0.331 e. The zero-order valence-electron chi connectivity index (χ0n) is 14.1. The lowest BCUT2D eigenvalue weighted by Gasteiger charge is -2.27. The number of amides is 1. The molecular weight excluding hydrogens is 364 g/mol. The number of hydrogen-bond acceptors (Lipinski definition) is 6. The minimum Gasteiger partial charge on any atom is -0.331 e. The van der Waals surface area contributed by atoms with Crippen LogP contribution in [0.15, 0.2) is 47.1 Å². The van der Waals surface area contributed by atoms with E-state index in [1.807, 2.05) is 22.0 Å². The van der Waals surface area contributed by atoms with Gasteiger partial charge in [-0.2, -0.15) is 0 Å². The van der Waals surface area contributed by atoms with E-state index in [0.717, 1.165) is 10.5 Å². The molecule has 1 aliphatic heterocycles. The van der Waals surface area contributed by atoms with E-state index in [9.17, 15) is 9.59 Å². The first kappa shape index (κ1) is 15.9. The number of aromatic nitrogens is 5. The maximum absolute atomic E-state index is 12.8. The Hall–Kier alpha value is -3.33. The van der Waals surface area contributed by atoms with Crippen molar-refractivity contribution < 1.29 is 4.79 Å². The van der Waals surface area contributed by atoms with Crippen LogP contribution in [0.4, 0.5) is 0 Å². The second-order valence-electron chi connectivity index (χ2n) is 6.28. The second-order valence-corrected chi connectivity index (χ2v) is 7.15. The molecule has 0 spiro atoms. The van der Waals surface area contributed by atoms with Crippen LogP contribution in [0.2, 0.25) is 0 Å². The predicted octanol–water partition coefficient (Wildman–Crippen LogP) is 1.74. The molecule has 0 saturated carbocycles. The monoisotopic (exact) mass is 378 g/mol. The molecule has 0 aliphatic carbocycles. The zero-order chi connectivity index (χ0) is 18.4. The summed E-state index contributed by atoms with van der Waals surface area (Å²) in [6.45, 7) is 0.754. The van der Waals surface area contributed by atoms with Gasteiger partial charge in [0, 0.05) is 47.8 Å². The molecule has 0 saturated heterocycles. The Balaban J connectivity index is 1.48. The average Bonchev–Trinajstić information content (AvgIpc) is 3.30. The van der Waals surface area contributed by atoms with Crippen molar-refractivity contribution >= 4 is 22.2 Å². The van der Waals surface area contributed by atoms with E-state index >= 15 is 0 Å². The first-order valence-electron chi connectivity index (χ1n) is 8.43. The number of H-pyrrole nitrogens is 1. The molecule has 27 heavy (non-hydrogen) atoms. The molecule has 1 aliphatic rings. The quantitative estimate of drug-likeness (QED) is 0.573. The van der Waals surface area contributed by atoms with Crippen LogP contribution in [0.3, 0.4) is 0 Å². The molecule has 0 fully saturated rings. The molecule has 1 amide bonds. The predicted molar refractivity (Wildman–Crippen MR) is 99.6 cm³/mol. The van der Waals surface area contributed by atoms with Gasteiger partial charge in [-0.3, -0.25) is 19.0 Å². The molecule has 1 N–H and O–H groups in total. The minimum absolute atomic E-state index is 0.151. The highest BCUT2D eigenvalue weighted by atomic mass is 32.1. The summed E-state index contributed by atoms with van der Waals surface area (Å²) in [4.78, 5) is 43.6. The molecule has 8 nitrogen and oxygen atoms in total. The Kier molecular flexibility index (Phi) is 3.61. The Morgan fingerprint density at radius 2 is 2.22 bits per heavy atom. The number of nitrogens with one attached hydrogen (secondary N) is 1. The molecule has 134 valence electrons. The third-order valence-electron chi connectivity index (χ3n) is 4.61. The zero-order valence-corrected chi connectivity index (χ0v) is 14.9. The van der Waals surface area contributed by atoms with Crippen molar-refractivity contribution in [2.75, 3.05) is 6.54 Å². The summed E-state index contributed by atoms with van der Waals surface area (Å²) in [6.07, 6.45) is 7.38. The summed E-state index contributed by atoms with van der Waals surface area (Å²) < 4.78 is 1.83. The molecule has 4 aromatic rings. The number of imidazole rings is 1. The summed E-state index contributed by atoms with van der Waals surface area (Å²) in [5.74, 6) is 0.310. The van der Waals surface area contributed by atoms with Gasteiger partial charge in [-0.05, 0) is 18.6 Å².